The second-order valence-corrected chi connectivity index (χ2v) is 2.90. The number of hydrogen-bond donors (Lipinski definition) is 0. The minimum absolute atomic E-state index is 0. The molecule has 0 aromatic heterocycles. The van der Waals surface area contributed by atoms with E-state index in [1.165, 1.54) is 12.1 Å². The van der Waals surface area contributed by atoms with Crippen molar-refractivity contribution in [1.82, 2.24) is 0 Å². The Labute approximate surface area is 135 Å². The molecular weight excluding hydrogens is 247 g/mol. The molecule has 0 bridgehead atoms. The van der Waals surface area contributed by atoms with Crippen molar-refractivity contribution in [1.29, 1.82) is 0 Å². The molecular formula is C9H11BF3KO2. The van der Waals surface area contributed by atoms with E-state index in [0.29, 0.717) is 6.61 Å². The Hall–Kier alpha value is 0.471. The predicted molar refractivity (Wildman–Crippen MR) is 52.3 cm³/mol. The maximum atomic E-state index is 12.3. The molecule has 1 aromatic carbocycles. The van der Waals surface area contributed by atoms with Crippen LogP contribution in [-0.2, 0) is 4.74 Å². The van der Waals surface area contributed by atoms with E-state index in [9.17, 15) is 12.9 Å². The first kappa shape index (κ1) is 16.5. The molecule has 0 aliphatic heterocycles. The Balaban J connectivity index is 0.00000225. The number of hydrogen-bond acceptors (Lipinski definition) is 2. The maximum absolute atomic E-state index is 12.3. The monoisotopic (exact) mass is 258 g/mol. The summed E-state index contributed by atoms with van der Waals surface area (Å²) in [6.45, 7) is -2.77. The van der Waals surface area contributed by atoms with Crippen molar-refractivity contribution in [3.8, 4) is 5.75 Å². The molecule has 0 saturated heterocycles. The third kappa shape index (κ3) is 5.70. The molecule has 0 amide bonds. The first-order valence-electron chi connectivity index (χ1n) is 4.54. The van der Waals surface area contributed by atoms with E-state index < -0.39 is 12.4 Å². The Bertz CT molecular complexity index is 320. The van der Waals surface area contributed by atoms with Crippen molar-refractivity contribution in [2.45, 2.75) is 6.92 Å². The van der Waals surface area contributed by atoms with Crippen LogP contribution >= 0.6 is 0 Å². The van der Waals surface area contributed by atoms with Crippen LogP contribution in [0.4, 0.5) is 12.9 Å². The molecule has 0 radical (unpaired) electrons. The van der Waals surface area contributed by atoms with Gasteiger partial charge in [0.25, 0.3) is 0 Å². The largest absolute Gasteiger partial charge is 1.00 e. The second kappa shape index (κ2) is 7.73. The van der Waals surface area contributed by atoms with Gasteiger partial charge in [-0.05, 0) is 19.1 Å². The van der Waals surface area contributed by atoms with E-state index in [-0.39, 0.29) is 63.9 Å². The van der Waals surface area contributed by atoms with E-state index in [2.05, 4.69) is 0 Å². The summed E-state index contributed by atoms with van der Waals surface area (Å²) in [5.41, 5.74) is -0.663. The van der Waals surface area contributed by atoms with Gasteiger partial charge in [-0.2, -0.15) is 0 Å². The van der Waals surface area contributed by atoms with Crippen LogP contribution in [0.1, 0.15) is 6.92 Å². The molecule has 1 aromatic rings. The number of benzene rings is 1. The molecule has 84 valence electrons. The van der Waals surface area contributed by atoms with Crippen LogP contribution in [0.5, 0.6) is 5.75 Å². The van der Waals surface area contributed by atoms with Crippen molar-refractivity contribution in [3.05, 3.63) is 24.3 Å². The molecule has 16 heavy (non-hydrogen) atoms. The standard InChI is InChI=1S/C9H11BF3O2.K/c1-2-14-7-15-9-5-3-4-8(6-9)10(11,12)13;/h3-6H,2,7H2,1H3;/q-1;+1. The SMILES string of the molecule is CCOCOc1cccc([B-](F)(F)F)c1.[K+]. The fourth-order valence-corrected chi connectivity index (χ4v) is 1.00. The first-order chi connectivity index (χ1) is 7.04. The van der Waals surface area contributed by atoms with Gasteiger partial charge < -0.3 is 22.4 Å². The van der Waals surface area contributed by atoms with Gasteiger partial charge in [0.15, 0.2) is 6.79 Å². The van der Waals surface area contributed by atoms with Crippen molar-refractivity contribution >= 4 is 12.4 Å². The van der Waals surface area contributed by atoms with Crippen LogP contribution in [0.25, 0.3) is 0 Å². The van der Waals surface area contributed by atoms with Crippen LogP contribution in [0.3, 0.4) is 0 Å². The average molecular weight is 258 g/mol. The van der Waals surface area contributed by atoms with Gasteiger partial charge in [0.2, 0.25) is 0 Å². The van der Waals surface area contributed by atoms with Gasteiger partial charge in [-0.25, -0.2) is 0 Å². The third-order valence-corrected chi connectivity index (χ3v) is 1.75. The van der Waals surface area contributed by atoms with Crippen molar-refractivity contribution in [3.63, 3.8) is 0 Å². The molecule has 1 rings (SSSR count). The van der Waals surface area contributed by atoms with Gasteiger partial charge in [0.05, 0.1) is 0 Å². The molecule has 0 aliphatic carbocycles. The minimum Gasteiger partial charge on any atom is -0.468 e. The van der Waals surface area contributed by atoms with Gasteiger partial charge in [-0.15, -0.1) is 5.46 Å². The van der Waals surface area contributed by atoms with Crippen LogP contribution in [0.2, 0.25) is 0 Å². The van der Waals surface area contributed by atoms with Crippen molar-refractivity contribution in [2.24, 2.45) is 0 Å². The van der Waals surface area contributed by atoms with Crippen molar-refractivity contribution in [2.75, 3.05) is 13.4 Å². The van der Waals surface area contributed by atoms with E-state index in [0.717, 1.165) is 12.1 Å². The van der Waals surface area contributed by atoms with Crippen LogP contribution in [0, 0.1) is 0 Å². The first-order valence-corrected chi connectivity index (χ1v) is 4.54. The second-order valence-electron chi connectivity index (χ2n) is 2.90. The van der Waals surface area contributed by atoms with Crippen molar-refractivity contribution < 1.29 is 73.8 Å². The summed E-state index contributed by atoms with van der Waals surface area (Å²) in [5.74, 6) is 0.167. The van der Waals surface area contributed by atoms with E-state index >= 15 is 0 Å². The molecule has 0 saturated carbocycles. The fourth-order valence-electron chi connectivity index (χ4n) is 1.00. The normalized spacial score (nSPS) is 10.8. The number of rotatable bonds is 5. The smallest absolute Gasteiger partial charge is 0.468 e. The van der Waals surface area contributed by atoms with E-state index in [1.54, 1.807) is 6.92 Å². The summed E-state index contributed by atoms with van der Waals surface area (Å²) in [6.07, 6.45) is 0. The van der Waals surface area contributed by atoms with Crippen LogP contribution < -0.4 is 61.6 Å². The summed E-state index contributed by atoms with van der Waals surface area (Å²) >= 11 is 0. The Morgan fingerprint density at radius 2 is 1.94 bits per heavy atom. The summed E-state index contributed by atoms with van der Waals surface area (Å²) < 4.78 is 46.8. The summed E-state index contributed by atoms with van der Waals surface area (Å²) in [5, 5.41) is 0. The quantitative estimate of drug-likeness (QED) is 0.388. The average Bonchev–Trinajstić information content (AvgIpc) is 2.17. The molecule has 7 heteroatoms. The number of ether oxygens (including phenoxy) is 2. The van der Waals surface area contributed by atoms with Gasteiger partial charge in [-0.1, -0.05) is 12.1 Å². The van der Waals surface area contributed by atoms with Crippen LogP contribution in [-0.4, -0.2) is 20.4 Å². The molecule has 2 nitrogen and oxygen atoms in total. The summed E-state index contributed by atoms with van der Waals surface area (Å²) in [7, 11) is 0. The molecule has 0 heterocycles. The molecule has 0 spiro atoms. The summed E-state index contributed by atoms with van der Waals surface area (Å²) in [4.78, 5) is 0. The van der Waals surface area contributed by atoms with Crippen LogP contribution in [0.15, 0.2) is 24.3 Å². The number of halogens is 3. The van der Waals surface area contributed by atoms with Gasteiger partial charge in [0, 0.05) is 6.61 Å². The zero-order chi connectivity index (χ0) is 11.3. The zero-order valence-electron chi connectivity index (χ0n) is 9.25. The third-order valence-electron chi connectivity index (χ3n) is 1.75. The molecule has 0 unspecified atom stereocenters. The molecule has 0 atom stereocenters. The Kier molecular flexibility index (Phi) is 7.96. The van der Waals surface area contributed by atoms with Gasteiger partial charge >= 0.3 is 58.4 Å². The maximum Gasteiger partial charge on any atom is 1.00 e. The predicted octanol–water partition coefficient (Wildman–Crippen LogP) is -0.882. The van der Waals surface area contributed by atoms with E-state index in [4.69, 9.17) is 9.47 Å². The van der Waals surface area contributed by atoms with Gasteiger partial charge in [0.1, 0.15) is 5.75 Å². The van der Waals surface area contributed by atoms with E-state index in [1.807, 2.05) is 0 Å². The summed E-state index contributed by atoms with van der Waals surface area (Å²) in [6, 6.07) is 4.77. The molecule has 0 N–H and O–H groups in total. The Morgan fingerprint density at radius 3 is 2.50 bits per heavy atom. The topological polar surface area (TPSA) is 18.5 Å². The zero-order valence-corrected chi connectivity index (χ0v) is 12.4. The fraction of sp³-hybridized carbons (Fsp3) is 0.333. The Morgan fingerprint density at radius 1 is 1.25 bits per heavy atom. The minimum atomic E-state index is -4.97. The molecule has 0 aliphatic rings. The van der Waals surface area contributed by atoms with Gasteiger partial charge in [-0.3, -0.25) is 0 Å². The molecule has 0 fully saturated rings.